The highest BCUT2D eigenvalue weighted by molar-refractivity contribution is 7.95. The molecule has 0 amide bonds. The third-order valence-corrected chi connectivity index (χ3v) is 2.78. The zero-order valence-corrected chi connectivity index (χ0v) is 7.51. The van der Waals surface area contributed by atoms with Crippen molar-refractivity contribution in [2.45, 2.75) is 0 Å². The maximum Gasteiger partial charge on any atom is 0.255 e. The summed E-state index contributed by atoms with van der Waals surface area (Å²) in [5.74, 6) is 0. The third kappa shape index (κ3) is 1.38. The molecule has 13 heavy (non-hydrogen) atoms. The number of nitrogen functional groups attached to an aromatic ring is 1. The van der Waals surface area contributed by atoms with E-state index in [-0.39, 0.29) is 0 Å². The molecule has 68 valence electrons. The van der Waals surface area contributed by atoms with Crippen LogP contribution < -0.4 is 10.5 Å². The summed E-state index contributed by atoms with van der Waals surface area (Å²) in [4.78, 5) is 0. The van der Waals surface area contributed by atoms with Crippen LogP contribution in [0.5, 0.6) is 0 Å². The lowest BCUT2D eigenvalue weighted by Crippen LogP contribution is -2.14. The number of nitrogens with one attached hydrogen (secondary N) is 1. The number of nitrogens with two attached hydrogens (primary N) is 1. The van der Waals surface area contributed by atoms with Crippen molar-refractivity contribution < 1.29 is 8.42 Å². The van der Waals surface area contributed by atoms with Gasteiger partial charge in [-0.15, -0.1) is 0 Å². The number of para-hydroxylation sites is 1. The largest absolute Gasteiger partial charge is 0.397 e. The number of hydrogen-bond acceptors (Lipinski definition) is 3. The van der Waals surface area contributed by atoms with Gasteiger partial charge in [-0.3, -0.25) is 4.72 Å². The number of hydrogen-bond donors (Lipinski definition) is 2. The number of benzene rings is 1. The molecule has 0 radical (unpaired) electrons. The van der Waals surface area contributed by atoms with Gasteiger partial charge in [-0.1, -0.05) is 12.1 Å². The van der Waals surface area contributed by atoms with Crippen molar-refractivity contribution in [1.82, 2.24) is 0 Å². The summed E-state index contributed by atoms with van der Waals surface area (Å²) in [6.07, 6.45) is 1.53. The molecule has 1 aliphatic rings. The Labute approximate surface area is 76.1 Å². The van der Waals surface area contributed by atoms with Gasteiger partial charge in [-0.25, -0.2) is 8.42 Å². The van der Waals surface area contributed by atoms with E-state index in [1.165, 1.54) is 6.08 Å². The Hall–Kier alpha value is -1.49. The molecule has 0 aromatic heterocycles. The minimum Gasteiger partial charge on any atom is -0.397 e. The molecule has 0 aliphatic carbocycles. The maximum absolute atomic E-state index is 11.1. The Morgan fingerprint density at radius 2 is 2.08 bits per heavy atom. The average Bonchev–Trinajstić information content (AvgIpc) is 2.06. The molecule has 1 aromatic rings. The molecule has 1 heterocycles. The lowest BCUT2D eigenvalue weighted by atomic mass is 10.1. The first-order valence-electron chi connectivity index (χ1n) is 3.68. The molecule has 1 aromatic carbocycles. The topological polar surface area (TPSA) is 72.2 Å². The summed E-state index contributed by atoms with van der Waals surface area (Å²) in [7, 11) is -3.33. The van der Waals surface area contributed by atoms with Crippen LogP contribution in [0.1, 0.15) is 5.56 Å². The monoisotopic (exact) mass is 196 g/mol. The van der Waals surface area contributed by atoms with Crippen LogP contribution in [0.2, 0.25) is 0 Å². The van der Waals surface area contributed by atoms with Crippen molar-refractivity contribution in [3.05, 3.63) is 29.2 Å². The molecule has 0 spiro atoms. The van der Waals surface area contributed by atoms with Gasteiger partial charge in [0.2, 0.25) is 0 Å². The molecule has 1 aliphatic heterocycles. The summed E-state index contributed by atoms with van der Waals surface area (Å²) in [5.41, 5.74) is 7.29. The van der Waals surface area contributed by atoms with E-state index in [0.717, 1.165) is 11.0 Å². The minimum absolute atomic E-state index is 0.436. The molecule has 4 nitrogen and oxygen atoms in total. The van der Waals surface area contributed by atoms with Gasteiger partial charge in [0.05, 0.1) is 16.8 Å². The molecule has 0 saturated heterocycles. The summed E-state index contributed by atoms with van der Waals surface area (Å²) >= 11 is 0. The summed E-state index contributed by atoms with van der Waals surface area (Å²) in [6, 6.07) is 5.22. The normalized spacial score (nSPS) is 17.5. The Bertz CT molecular complexity index is 477. The minimum atomic E-state index is -3.33. The number of anilines is 2. The Morgan fingerprint density at radius 3 is 2.85 bits per heavy atom. The van der Waals surface area contributed by atoms with E-state index in [1.54, 1.807) is 18.2 Å². The quantitative estimate of drug-likeness (QED) is 0.608. The second-order valence-corrected chi connectivity index (χ2v) is 4.33. The van der Waals surface area contributed by atoms with Crippen molar-refractivity contribution in [2.75, 3.05) is 10.5 Å². The first kappa shape index (κ1) is 8.12. The fourth-order valence-corrected chi connectivity index (χ4v) is 2.10. The first-order valence-corrected chi connectivity index (χ1v) is 5.22. The van der Waals surface area contributed by atoms with E-state index in [4.69, 9.17) is 5.73 Å². The molecular formula is C8H8N2O2S. The second-order valence-electron chi connectivity index (χ2n) is 2.76. The SMILES string of the molecule is Nc1cccc2c1NS(=O)(=O)C=C2. The van der Waals surface area contributed by atoms with E-state index in [0.29, 0.717) is 11.4 Å². The fraction of sp³-hybridized carbons (Fsp3) is 0. The van der Waals surface area contributed by atoms with Gasteiger partial charge in [-0.2, -0.15) is 0 Å². The molecular weight excluding hydrogens is 188 g/mol. The van der Waals surface area contributed by atoms with Crippen molar-refractivity contribution in [1.29, 1.82) is 0 Å². The van der Waals surface area contributed by atoms with Crippen LogP contribution in [-0.4, -0.2) is 8.42 Å². The predicted molar refractivity (Wildman–Crippen MR) is 52.4 cm³/mol. The fourth-order valence-electron chi connectivity index (χ4n) is 1.18. The van der Waals surface area contributed by atoms with Gasteiger partial charge in [0, 0.05) is 5.56 Å². The predicted octanol–water partition coefficient (Wildman–Crippen LogP) is 0.995. The van der Waals surface area contributed by atoms with Crippen molar-refractivity contribution in [2.24, 2.45) is 0 Å². The first-order chi connectivity index (χ1) is 6.08. The lowest BCUT2D eigenvalue weighted by molar-refractivity contribution is 0.609. The van der Waals surface area contributed by atoms with Crippen LogP contribution in [-0.2, 0) is 10.0 Å². The standard InChI is InChI=1S/C8H8N2O2S/c9-7-3-1-2-6-4-5-13(11,12)10-8(6)7/h1-5,10H,9H2. The van der Waals surface area contributed by atoms with E-state index in [9.17, 15) is 8.42 Å². The molecule has 0 atom stereocenters. The number of rotatable bonds is 0. The molecule has 0 saturated carbocycles. The molecule has 3 N–H and O–H groups in total. The Balaban J connectivity index is 2.67. The zero-order chi connectivity index (χ0) is 9.47. The van der Waals surface area contributed by atoms with Gasteiger partial charge in [-0.05, 0) is 12.1 Å². The van der Waals surface area contributed by atoms with E-state index < -0.39 is 10.0 Å². The maximum atomic E-state index is 11.1. The highest BCUT2D eigenvalue weighted by Crippen LogP contribution is 2.29. The number of fused-ring (bicyclic) bond motifs is 1. The van der Waals surface area contributed by atoms with Gasteiger partial charge in [0.15, 0.2) is 0 Å². The van der Waals surface area contributed by atoms with Crippen molar-refractivity contribution in [3.8, 4) is 0 Å². The summed E-state index contributed by atoms with van der Waals surface area (Å²) in [6.45, 7) is 0. The number of sulfonamides is 1. The van der Waals surface area contributed by atoms with Gasteiger partial charge < -0.3 is 5.73 Å². The zero-order valence-electron chi connectivity index (χ0n) is 6.69. The molecule has 0 bridgehead atoms. The van der Waals surface area contributed by atoms with Crippen LogP contribution in [0.25, 0.3) is 6.08 Å². The smallest absolute Gasteiger partial charge is 0.255 e. The molecule has 0 unspecified atom stereocenters. The third-order valence-electron chi connectivity index (χ3n) is 1.80. The van der Waals surface area contributed by atoms with Gasteiger partial charge in [0.1, 0.15) is 0 Å². The van der Waals surface area contributed by atoms with Crippen LogP contribution in [0.15, 0.2) is 23.6 Å². The van der Waals surface area contributed by atoms with Gasteiger partial charge in [0.25, 0.3) is 10.0 Å². The highest BCUT2D eigenvalue weighted by Gasteiger charge is 2.15. The van der Waals surface area contributed by atoms with Crippen LogP contribution in [0.4, 0.5) is 11.4 Å². The van der Waals surface area contributed by atoms with Crippen LogP contribution in [0, 0.1) is 0 Å². The Kier molecular flexibility index (Phi) is 1.56. The highest BCUT2D eigenvalue weighted by atomic mass is 32.2. The van der Waals surface area contributed by atoms with Gasteiger partial charge >= 0.3 is 0 Å². The van der Waals surface area contributed by atoms with E-state index in [2.05, 4.69) is 4.72 Å². The van der Waals surface area contributed by atoms with Crippen molar-refractivity contribution >= 4 is 27.5 Å². The van der Waals surface area contributed by atoms with Crippen LogP contribution in [0.3, 0.4) is 0 Å². The lowest BCUT2D eigenvalue weighted by Gasteiger charge is -2.14. The molecule has 0 fully saturated rings. The van der Waals surface area contributed by atoms with Crippen molar-refractivity contribution in [3.63, 3.8) is 0 Å². The second kappa shape index (κ2) is 2.50. The van der Waals surface area contributed by atoms with E-state index >= 15 is 0 Å². The average molecular weight is 196 g/mol. The van der Waals surface area contributed by atoms with E-state index in [1.807, 2.05) is 0 Å². The summed E-state index contributed by atoms with van der Waals surface area (Å²) in [5, 5.41) is 1.12. The molecule has 2 rings (SSSR count). The van der Waals surface area contributed by atoms with Crippen LogP contribution >= 0.6 is 0 Å². The molecule has 5 heteroatoms. The summed E-state index contributed by atoms with van der Waals surface area (Å²) < 4.78 is 24.6. The Morgan fingerprint density at radius 1 is 1.31 bits per heavy atom.